The second-order valence-electron chi connectivity index (χ2n) is 5.47. The Labute approximate surface area is 135 Å². The van der Waals surface area contributed by atoms with Crippen LogP contribution < -0.4 is 10.1 Å². The van der Waals surface area contributed by atoms with Crippen LogP contribution in [-0.4, -0.2) is 6.04 Å². The maximum absolute atomic E-state index is 6.04. The number of halogens is 1. The fourth-order valence-corrected chi connectivity index (χ4v) is 2.57. The first-order chi connectivity index (χ1) is 10.1. The second kappa shape index (κ2) is 7.62. The summed E-state index contributed by atoms with van der Waals surface area (Å²) in [4.78, 5) is 0. The van der Waals surface area contributed by atoms with Crippen LogP contribution in [0.3, 0.4) is 0 Å². The van der Waals surface area contributed by atoms with E-state index in [1.54, 1.807) is 0 Å². The number of ether oxygens (including phenoxy) is 1. The highest BCUT2D eigenvalue weighted by Gasteiger charge is 2.09. The van der Waals surface area contributed by atoms with E-state index in [1.807, 2.05) is 24.3 Å². The molecule has 1 N–H and O–H groups in total. The number of hydrogen-bond donors (Lipinski definition) is 1. The van der Waals surface area contributed by atoms with Crippen LogP contribution in [0.5, 0.6) is 5.75 Å². The Balaban J connectivity index is 2.04. The SMILES string of the molecule is CC(C)NCc1ccc(OC(C)c2ccccc2)c(Br)c1. The summed E-state index contributed by atoms with van der Waals surface area (Å²) >= 11 is 3.60. The lowest BCUT2D eigenvalue weighted by Gasteiger charge is -2.17. The highest BCUT2D eigenvalue weighted by molar-refractivity contribution is 9.10. The molecule has 0 aliphatic carbocycles. The lowest BCUT2D eigenvalue weighted by atomic mass is 10.1. The van der Waals surface area contributed by atoms with E-state index < -0.39 is 0 Å². The topological polar surface area (TPSA) is 21.3 Å². The summed E-state index contributed by atoms with van der Waals surface area (Å²) in [5.41, 5.74) is 2.42. The predicted octanol–water partition coefficient (Wildman–Crippen LogP) is 5.09. The molecule has 1 unspecified atom stereocenters. The summed E-state index contributed by atoms with van der Waals surface area (Å²) < 4.78 is 7.04. The molecule has 3 heteroatoms. The van der Waals surface area contributed by atoms with Crippen molar-refractivity contribution in [1.29, 1.82) is 0 Å². The van der Waals surface area contributed by atoms with Crippen molar-refractivity contribution in [3.8, 4) is 5.75 Å². The molecular weight excluding hydrogens is 326 g/mol. The Morgan fingerprint density at radius 2 is 1.76 bits per heavy atom. The summed E-state index contributed by atoms with van der Waals surface area (Å²) in [6, 6.07) is 17.0. The summed E-state index contributed by atoms with van der Waals surface area (Å²) in [7, 11) is 0. The van der Waals surface area contributed by atoms with E-state index in [0.717, 1.165) is 16.8 Å². The Morgan fingerprint density at radius 1 is 1.05 bits per heavy atom. The van der Waals surface area contributed by atoms with Crippen molar-refractivity contribution in [2.45, 2.75) is 39.5 Å². The third-order valence-electron chi connectivity index (χ3n) is 3.28. The van der Waals surface area contributed by atoms with E-state index in [1.165, 1.54) is 11.1 Å². The largest absolute Gasteiger partial charge is 0.485 e. The van der Waals surface area contributed by atoms with Crippen molar-refractivity contribution >= 4 is 15.9 Å². The van der Waals surface area contributed by atoms with E-state index in [4.69, 9.17) is 4.74 Å². The highest BCUT2D eigenvalue weighted by Crippen LogP contribution is 2.30. The minimum Gasteiger partial charge on any atom is -0.485 e. The third kappa shape index (κ3) is 4.87. The zero-order valence-corrected chi connectivity index (χ0v) is 14.4. The smallest absolute Gasteiger partial charge is 0.134 e. The van der Waals surface area contributed by atoms with Gasteiger partial charge in [0.2, 0.25) is 0 Å². The van der Waals surface area contributed by atoms with Crippen LogP contribution in [0.15, 0.2) is 53.0 Å². The van der Waals surface area contributed by atoms with Crippen LogP contribution in [0.25, 0.3) is 0 Å². The molecule has 2 aromatic rings. The van der Waals surface area contributed by atoms with E-state index >= 15 is 0 Å². The summed E-state index contributed by atoms with van der Waals surface area (Å²) in [6.45, 7) is 7.23. The van der Waals surface area contributed by atoms with E-state index in [2.05, 4.69) is 66.3 Å². The minimum atomic E-state index is 0.0298. The third-order valence-corrected chi connectivity index (χ3v) is 3.90. The number of rotatable bonds is 6. The van der Waals surface area contributed by atoms with Crippen molar-refractivity contribution in [3.63, 3.8) is 0 Å². The van der Waals surface area contributed by atoms with Crippen molar-refractivity contribution in [2.24, 2.45) is 0 Å². The van der Waals surface area contributed by atoms with Crippen LogP contribution >= 0.6 is 15.9 Å². The van der Waals surface area contributed by atoms with Gasteiger partial charge in [-0.2, -0.15) is 0 Å². The van der Waals surface area contributed by atoms with Gasteiger partial charge in [-0.15, -0.1) is 0 Å². The van der Waals surface area contributed by atoms with Crippen LogP contribution in [-0.2, 0) is 6.54 Å². The lowest BCUT2D eigenvalue weighted by molar-refractivity contribution is 0.225. The van der Waals surface area contributed by atoms with Crippen molar-refractivity contribution in [2.75, 3.05) is 0 Å². The molecule has 0 amide bonds. The normalized spacial score (nSPS) is 12.4. The molecular formula is C18H22BrNO. The fourth-order valence-electron chi connectivity index (χ4n) is 2.05. The highest BCUT2D eigenvalue weighted by atomic mass is 79.9. The minimum absolute atomic E-state index is 0.0298. The molecule has 0 saturated heterocycles. The fraction of sp³-hybridized carbons (Fsp3) is 0.333. The number of benzene rings is 2. The quantitative estimate of drug-likeness (QED) is 0.785. The van der Waals surface area contributed by atoms with Gasteiger partial charge in [-0.05, 0) is 46.1 Å². The van der Waals surface area contributed by atoms with Crippen molar-refractivity contribution in [1.82, 2.24) is 5.32 Å². The van der Waals surface area contributed by atoms with Crippen LogP contribution in [0.2, 0.25) is 0 Å². The molecule has 21 heavy (non-hydrogen) atoms. The average molecular weight is 348 g/mol. The molecule has 112 valence electrons. The number of nitrogens with one attached hydrogen (secondary N) is 1. The van der Waals surface area contributed by atoms with Crippen LogP contribution in [0.4, 0.5) is 0 Å². The molecule has 0 fully saturated rings. The van der Waals surface area contributed by atoms with Crippen LogP contribution in [0.1, 0.15) is 38.0 Å². The first-order valence-electron chi connectivity index (χ1n) is 7.29. The first-order valence-corrected chi connectivity index (χ1v) is 8.09. The molecule has 2 nitrogen and oxygen atoms in total. The van der Waals surface area contributed by atoms with E-state index in [0.29, 0.717) is 6.04 Å². The van der Waals surface area contributed by atoms with Gasteiger partial charge in [0, 0.05) is 12.6 Å². The summed E-state index contributed by atoms with van der Waals surface area (Å²) in [6.07, 6.45) is 0.0298. The van der Waals surface area contributed by atoms with Crippen molar-refractivity contribution < 1.29 is 4.74 Å². The van der Waals surface area contributed by atoms with Gasteiger partial charge in [0.25, 0.3) is 0 Å². The molecule has 0 aliphatic rings. The monoisotopic (exact) mass is 347 g/mol. The van der Waals surface area contributed by atoms with Gasteiger partial charge in [-0.25, -0.2) is 0 Å². The summed E-state index contributed by atoms with van der Waals surface area (Å²) in [5, 5.41) is 3.41. The average Bonchev–Trinajstić information content (AvgIpc) is 2.48. The molecule has 0 aromatic heterocycles. The zero-order chi connectivity index (χ0) is 15.2. The molecule has 0 radical (unpaired) electrons. The van der Waals surface area contributed by atoms with Crippen molar-refractivity contribution in [3.05, 3.63) is 64.1 Å². The maximum Gasteiger partial charge on any atom is 0.134 e. The molecule has 0 heterocycles. The van der Waals surface area contributed by atoms with E-state index in [9.17, 15) is 0 Å². The Bertz CT molecular complexity index is 569. The maximum atomic E-state index is 6.04. The second-order valence-corrected chi connectivity index (χ2v) is 6.33. The molecule has 0 bridgehead atoms. The van der Waals surface area contributed by atoms with E-state index in [-0.39, 0.29) is 6.10 Å². The molecule has 2 rings (SSSR count). The molecule has 0 spiro atoms. The van der Waals surface area contributed by atoms with Gasteiger partial charge in [0.15, 0.2) is 0 Å². The Morgan fingerprint density at radius 3 is 2.38 bits per heavy atom. The van der Waals surface area contributed by atoms with Gasteiger partial charge in [-0.1, -0.05) is 50.2 Å². The van der Waals surface area contributed by atoms with Gasteiger partial charge in [0.1, 0.15) is 11.9 Å². The zero-order valence-electron chi connectivity index (χ0n) is 12.8. The van der Waals surface area contributed by atoms with Gasteiger partial charge in [-0.3, -0.25) is 0 Å². The predicted molar refractivity (Wildman–Crippen MR) is 91.6 cm³/mol. The molecule has 1 atom stereocenters. The van der Waals surface area contributed by atoms with Gasteiger partial charge in [0.05, 0.1) is 4.47 Å². The summed E-state index contributed by atoms with van der Waals surface area (Å²) in [5.74, 6) is 0.875. The van der Waals surface area contributed by atoms with Crippen LogP contribution in [0, 0.1) is 0 Å². The molecule has 0 aliphatic heterocycles. The lowest BCUT2D eigenvalue weighted by Crippen LogP contribution is -2.21. The molecule has 0 saturated carbocycles. The Kier molecular flexibility index (Phi) is 5.83. The first kappa shape index (κ1) is 16.1. The Hall–Kier alpha value is -1.32. The molecule has 2 aromatic carbocycles. The van der Waals surface area contributed by atoms with Gasteiger partial charge >= 0.3 is 0 Å². The number of hydrogen-bond acceptors (Lipinski definition) is 2. The van der Waals surface area contributed by atoms with Gasteiger partial charge < -0.3 is 10.1 Å². The standard InChI is InChI=1S/C18H22BrNO/c1-13(2)20-12-15-9-10-18(17(19)11-15)21-14(3)16-7-5-4-6-8-16/h4-11,13-14,20H,12H2,1-3H3.